The lowest BCUT2D eigenvalue weighted by atomic mass is 10.4. The Bertz CT molecular complexity index is 18.9. The van der Waals surface area contributed by atoms with Gasteiger partial charge >= 0.3 is 0 Å². The molecular weight excluding hydrogens is 64.0 g/mol. The molecule has 0 aliphatic heterocycles. The van der Waals surface area contributed by atoms with Crippen molar-refractivity contribution in [1.82, 2.24) is 0 Å². The molecule has 0 aromatic heterocycles. The van der Waals surface area contributed by atoms with E-state index in [1.165, 1.54) is 0 Å². The topological polar surface area (TPSA) is 52.0 Å². The van der Waals surface area contributed by atoms with Gasteiger partial charge in [0.05, 0.1) is 0 Å². The molecule has 0 bridgehead atoms. The monoisotopic (exact) mass is 73.1 g/mol. The van der Waals surface area contributed by atoms with Gasteiger partial charge < -0.3 is 11.5 Å². The second kappa shape index (κ2) is 2.18. The Kier molecular flexibility index (Phi) is 2.14. The Morgan fingerprint density at radius 3 is 2.00 bits per heavy atom. The van der Waals surface area contributed by atoms with E-state index in [-0.39, 0.29) is 6.04 Å². The van der Waals surface area contributed by atoms with E-state index in [9.17, 15) is 0 Å². The van der Waals surface area contributed by atoms with E-state index in [0.717, 1.165) is 0 Å². The zero-order valence-electron chi connectivity index (χ0n) is 3.15. The molecule has 5 heavy (non-hydrogen) atoms. The molecule has 0 aromatic rings. The van der Waals surface area contributed by atoms with Crippen LogP contribution in [0.3, 0.4) is 0 Å². The number of hydrogen-bond donors (Lipinski definition) is 2. The first-order chi connectivity index (χ1) is 2.27. The standard InChI is InChI=1S/C3H9N2/c1-3(5)2-4/h3H,1-2,4-5H2/t3-/m1/s1. The van der Waals surface area contributed by atoms with Gasteiger partial charge in [0.1, 0.15) is 0 Å². The van der Waals surface area contributed by atoms with Gasteiger partial charge in [0.2, 0.25) is 0 Å². The van der Waals surface area contributed by atoms with Crippen molar-refractivity contribution in [2.45, 2.75) is 6.04 Å². The maximum Gasteiger partial charge on any atom is 0.0163 e. The molecule has 4 N–H and O–H groups in total. The number of nitrogens with two attached hydrogens (primary N) is 2. The summed E-state index contributed by atoms with van der Waals surface area (Å²) in [7, 11) is 0. The Morgan fingerprint density at radius 2 is 2.00 bits per heavy atom. The summed E-state index contributed by atoms with van der Waals surface area (Å²) in [5.74, 6) is 0. The first-order valence-corrected chi connectivity index (χ1v) is 1.56. The predicted molar refractivity (Wildman–Crippen MR) is 22.4 cm³/mol. The van der Waals surface area contributed by atoms with Crippen molar-refractivity contribution in [3.8, 4) is 0 Å². The van der Waals surface area contributed by atoms with Crippen LogP contribution in [0, 0.1) is 6.92 Å². The fourth-order valence-corrected chi connectivity index (χ4v) is 0. The van der Waals surface area contributed by atoms with Crippen LogP contribution in [0.15, 0.2) is 0 Å². The smallest absolute Gasteiger partial charge is 0.0163 e. The van der Waals surface area contributed by atoms with Crippen molar-refractivity contribution in [1.29, 1.82) is 0 Å². The van der Waals surface area contributed by atoms with E-state index in [2.05, 4.69) is 6.92 Å². The zero-order chi connectivity index (χ0) is 4.28. The Balaban J connectivity index is 2.54. The average Bonchev–Trinajstić information content (AvgIpc) is 1.38. The summed E-state index contributed by atoms with van der Waals surface area (Å²) in [6.07, 6.45) is 0. The maximum absolute atomic E-state index is 5.06. The van der Waals surface area contributed by atoms with Crippen LogP contribution in [0.25, 0.3) is 0 Å². The van der Waals surface area contributed by atoms with Gasteiger partial charge in [-0.25, -0.2) is 0 Å². The summed E-state index contributed by atoms with van der Waals surface area (Å²) in [5.41, 5.74) is 10.0. The van der Waals surface area contributed by atoms with Gasteiger partial charge in [-0.3, -0.25) is 0 Å². The molecule has 0 heterocycles. The lowest BCUT2D eigenvalue weighted by Crippen LogP contribution is -2.25. The molecule has 31 valence electrons. The van der Waals surface area contributed by atoms with Crippen LogP contribution in [0.4, 0.5) is 0 Å². The maximum atomic E-state index is 5.06. The third kappa shape index (κ3) is 3.92. The van der Waals surface area contributed by atoms with Gasteiger partial charge in [-0.15, -0.1) is 0 Å². The van der Waals surface area contributed by atoms with Gasteiger partial charge in [-0.05, 0) is 6.92 Å². The normalized spacial score (nSPS) is 15.0. The van der Waals surface area contributed by atoms with Crippen molar-refractivity contribution in [3.63, 3.8) is 0 Å². The van der Waals surface area contributed by atoms with Crippen LogP contribution in [-0.2, 0) is 0 Å². The van der Waals surface area contributed by atoms with Crippen molar-refractivity contribution in [3.05, 3.63) is 6.92 Å². The molecule has 0 saturated heterocycles. The summed E-state index contributed by atoms with van der Waals surface area (Å²) in [6.45, 7) is 3.88. The highest BCUT2D eigenvalue weighted by molar-refractivity contribution is 4.60. The van der Waals surface area contributed by atoms with Crippen molar-refractivity contribution in [2.24, 2.45) is 11.5 Å². The molecule has 0 aliphatic carbocycles. The molecule has 0 aromatic carbocycles. The summed E-state index contributed by atoms with van der Waals surface area (Å²) >= 11 is 0. The highest BCUT2D eigenvalue weighted by Crippen LogP contribution is 1.57. The van der Waals surface area contributed by atoms with Gasteiger partial charge in [0.15, 0.2) is 0 Å². The third-order valence-electron chi connectivity index (χ3n) is 0.303. The largest absolute Gasteiger partial charge is 0.329 e. The Labute approximate surface area is 32.1 Å². The summed E-state index contributed by atoms with van der Waals surface area (Å²) in [6, 6.07) is -0.0880. The van der Waals surface area contributed by atoms with Crippen LogP contribution >= 0.6 is 0 Å². The minimum Gasteiger partial charge on any atom is -0.329 e. The first-order valence-electron chi connectivity index (χ1n) is 1.56. The highest BCUT2D eigenvalue weighted by Gasteiger charge is 1.80. The van der Waals surface area contributed by atoms with Crippen molar-refractivity contribution < 1.29 is 0 Å². The molecule has 2 nitrogen and oxygen atoms in total. The van der Waals surface area contributed by atoms with Gasteiger partial charge in [0.25, 0.3) is 0 Å². The Hall–Kier alpha value is -0.0800. The first kappa shape index (κ1) is 4.92. The molecule has 0 amide bonds. The quantitative estimate of drug-likeness (QED) is 0.423. The van der Waals surface area contributed by atoms with Gasteiger partial charge in [-0.2, -0.15) is 0 Å². The summed E-state index contributed by atoms with van der Waals surface area (Å²) < 4.78 is 0. The molecule has 2 heteroatoms. The van der Waals surface area contributed by atoms with Crippen LogP contribution in [0.5, 0.6) is 0 Å². The second-order valence-corrected chi connectivity index (χ2v) is 0.996. The summed E-state index contributed by atoms with van der Waals surface area (Å²) in [5, 5.41) is 0. The third-order valence-corrected chi connectivity index (χ3v) is 0.303. The molecule has 0 saturated carbocycles. The lowest BCUT2D eigenvalue weighted by Gasteiger charge is -1.92. The Morgan fingerprint density at radius 1 is 1.80 bits per heavy atom. The number of rotatable bonds is 1. The average molecular weight is 73.1 g/mol. The number of hydrogen-bond acceptors (Lipinski definition) is 2. The molecule has 0 aliphatic rings. The van der Waals surface area contributed by atoms with Crippen LogP contribution < -0.4 is 11.5 Å². The fourth-order valence-electron chi connectivity index (χ4n) is 0. The fraction of sp³-hybridized carbons (Fsp3) is 0.667. The zero-order valence-corrected chi connectivity index (χ0v) is 3.15. The van der Waals surface area contributed by atoms with Crippen LogP contribution in [0.2, 0.25) is 0 Å². The second-order valence-electron chi connectivity index (χ2n) is 0.996. The molecule has 0 rings (SSSR count). The van der Waals surface area contributed by atoms with Gasteiger partial charge in [0, 0.05) is 12.6 Å². The molecular formula is C3H9N2. The van der Waals surface area contributed by atoms with Gasteiger partial charge in [-0.1, -0.05) is 0 Å². The van der Waals surface area contributed by atoms with Crippen LogP contribution in [-0.4, -0.2) is 12.6 Å². The minimum atomic E-state index is -0.0880. The summed E-state index contributed by atoms with van der Waals surface area (Å²) in [4.78, 5) is 0. The van der Waals surface area contributed by atoms with E-state index in [4.69, 9.17) is 11.5 Å². The molecule has 1 atom stereocenters. The van der Waals surface area contributed by atoms with E-state index in [1.54, 1.807) is 0 Å². The molecule has 0 spiro atoms. The lowest BCUT2D eigenvalue weighted by molar-refractivity contribution is 0.820. The van der Waals surface area contributed by atoms with Crippen molar-refractivity contribution >= 4 is 0 Å². The molecule has 0 fully saturated rings. The van der Waals surface area contributed by atoms with E-state index in [1.807, 2.05) is 0 Å². The van der Waals surface area contributed by atoms with E-state index < -0.39 is 0 Å². The molecule has 0 unspecified atom stereocenters. The molecule has 1 radical (unpaired) electrons. The van der Waals surface area contributed by atoms with E-state index in [0.29, 0.717) is 6.54 Å². The SMILES string of the molecule is [CH2][C@@H](N)CN. The van der Waals surface area contributed by atoms with E-state index >= 15 is 0 Å². The van der Waals surface area contributed by atoms with Crippen LogP contribution in [0.1, 0.15) is 0 Å². The highest BCUT2D eigenvalue weighted by atomic mass is 14.7. The van der Waals surface area contributed by atoms with Crippen molar-refractivity contribution in [2.75, 3.05) is 6.54 Å². The minimum absolute atomic E-state index is 0.0880. The predicted octanol–water partition coefficient (Wildman–Crippen LogP) is -0.894.